The van der Waals surface area contributed by atoms with Crippen LogP contribution in [0.1, 0.15) is 27.7 Å². The third-order valence-corrected chi connectivity index (χ3v) is 2.28. The van der Waals surface area contributed by atoms with E-state index in [1.165, 1.54) is 24.3 Å². The van der Waals surface area contributed by atoms with E-state index in [0.717, 1.165) is 10.0 Å². The number of carbonyl (C=O) groups is 2. The largest absolute Gasteiger partial charge is 0.463 e. The molecule has 1 aromatic rings. The topological polar surface area (TPSA) is 106 Å². The molecule has 0 aliphatic carbocycles. The number of amides is 2. The van der Waals surface area contributed by atoms with Gasteiger partial charge in [-0.25, -0.2) is 9.59 Å². The van der Waals surface area contributed by atoms with Crippen molar-refractivity contribution >= 4 is 35.0 Å². The van der Waals surface area contributed by atoms with Crippen LogP contribution in [-0.2, 0) is 0 Å². The Balaban J connectivity index is 3.32. The maximum atomic E-state index is 11.3. The Morgan fingerprint density at radius 2 is 1.23 bits per heavy atom. The zero-order valence-electron chi connectivity index (χ0n) is 12.8. The van der Waals surface area contributed by atoms with Gasteiger partial charge in [0.25, 0.3) is 0 Å². The molecule has 0 aromatic heterocycles. The molecular weight excluding hydrogens is 288 g/mol. The second-order valence-corrected chi connectivity index (χ2v) is 4.80. The summed E-state index contributed by atoms with van der Waals surface area (Å²) in [6.45, 7) is 6.64. The van der Waals surface area contributed by atoms with E-state index in [0.29, 0.717) is 11.4 Å². The van der Waals surface area contributed by atoms with Crippen LogP contribution in [0.2, 0.25) is 0 Å². The Morgan fingerprint density at radius 1 is 0.864 bits per heavy atom. The van der Waals surface area contributed by atoms with Gasteiger partial charge in [0.05, 0.1) is 11.4 Å². The van der Waals surface area contributed by atoms with Crippen LogP contribution in [0.5, 0.6) is 0 Å². The molecule has 118 valence electrons. The van der Waals surface area contributed by atoms with Gasteiger partial charge < -0.3 is 10.2 Å². The van der Waals surface area contributed by atoms with Crippen LogP contribution in [0.4, 0.5) is 21.0 Å². The Morgan fingerprint density at radius 3 is 1.50 bits per heavy atom. The molecule has 0 heterocycles. The van der Waals surface area contributed by atoms with E-state index >= 15 is 0 Å². The molecule has 1 rings (SSSR count). The molecule has 0 saturated carbocycles. The van der Waals surface area contributed by atoms with Gasteiger partial charge in [-0.2, -0.15) is 20.2 Å². The Hall–Kier alpha value is -2.90. The van der Waals surface area contributed by atoms with Gasteiger partial charge in [-0.05, 0) is 45.9 Å². The lowest BCUT2D eigenvalue weighted by Crippen LogP contribution is -2.26. The number of anilines is 2. The molecule has 0 aliphatic heterocycles. The summed E-state index contributed by atoms with van der Waals surface area (Å²) in [6, 6.07) is 5.97. The fourth-order valence-corrected chi connectivity index (χ4v) is 1.58. The zero-order valence-corrected chi connectivity index (χ0v) is 12.8. The van der Waals surface area contributed by atoms with Crippen molar-refractivity contribution in [3.63, 3.8) is 0 Å². The monoisotopic (exact) mass is 306 g/mol. The van der Waals surface area contributed by atoms with Crippen LogP contribution in [0.25, 0.3) is 0 Å². The SMILES string of the molecule is CC(C)=NN(C(=O)O)c1cccc(N(N=C(C)C)C(=O)O)c1. The highest BCUT2D eigenvalue weighted by Gasteiger charge is 2.18. The molecule has 0 atom stereocenters. The first-order chi connectivity index (χ1) is 10.2. The number of carboxylic acid groups (broad SMARTS) is 2. The molecular formula is C14H18N4O4. The molecule has 22 heavy (non-hydrogen) atoms. The summed E-state index contributed by atoms with van der Waals surface area (Å²) in [5.74, 6) is 0. The van der Waals surface area contributed by atoms with E-state index in [1.54, 1.807) is 27.7 Å². The average Bonchev–Trinajstić information content (AvgIpc) is 2.41. The van der Waals surface area contributed by atoms with Crippen LogP contribution < -0.4 is 10.0 Å². The van der Waals surface area contributed by atoms with Crippen LogP contribution in [0, 0.1) is 0 Å². The standard InChI is InChI=1S/C14H18N4O4/c1-9(2)15-17(13(19)20)11-6-5-7-12(8-11)18(14(21)22)16-10(3)4/h5-8H,1-4H3,(H,19,20)(H,21,22). The second kappa shape index (κ2) is 7.21. The maximum absolute atomic E-state index is 11.3. The first kappa shape index (κ1) is 17.2. The Bertz CT molecular complexity index is 580. The predicted molar refractivity (Wildman–Crippen MR) is 85.0 cm³/mol. The summed E-state index contributed by atoms with van der Waals surface area (Å²) < 4.78 is 0. The van der Waals surface area contributed by atoms with E-state index in [4.69, 9.17) is 0 Å². The van der Waals surface area contributed by atoms with E-state index in [-0.39, 0.29) is 11.4 Å². The van der Waals surface area contributed by atoms with Gasteiger partial charge >= 0.3 is 12.2 Å². The van der Waals surface area contributed by atoms with Crippen LogP contribution in [0.15, 0.2) is 34.5 Å². The number of nitrogens with zero attached hydrogens (tertiary/aromatic N) is 4. The summed E-state index contributed by atoms with van der Waals surface area (Å²) in [7, 11) is 0. The Labute approximate surface area is 128 Å². The highest BCUT2D eigenvalue weighted by atomic mass is 16.4. The maximum Gasteiger partial charge on any atom is 0.432 e. The molecule has 0 unspecified atom stereocenters. The van der Waals surface area contributed by atoms with Crippen molar-refractivity contribution < 1.29 is 19.8 Å². The van der Waals surface area contributed by atoms with E-state index in [1.807, 2.05) is 0 Å². The minimum absolute atomic E-state index is 0.224. The number of hydrogen-bond donors (Lipinski definition) is 2. The van der Waals surface area contributed by atoms with Gasteiger partial charge in [0.1, 0.15) is 0 Å². The number of benzene rings is 1. The smallest absolute Gasteiger partial charge is 0.432 e. The fourth-order valence-electron chi connectivity index (χ4n) is 1.58. The lowest BCUT2D eigenvalue weighted by Gasteiger charge is -2.18. The molecule has 2 amide bonds. The Kier molecular flexibility index (Phi) is 5.62. The minimum atomic E-state index is -1.27. The van der Waals surface area contributed by atoms with Crippen molar-refractivity contribution in [1.82, 2.24) is 0 Å². The van der Waals surface area contributed by atoms with E-state index in [9.17, 15) is 19.8 Å². The summed E-state index contributed by atoms with van der Waals surface area (Å²) in [6.07, 6.45) is -2.54. The molecule has 2 N–H and O–H groups in total. The van der Waals surface area contributed by atoms with Gasteiger partial charge in [-0.15, -0.1) is 0 Å². The van der Waals surface area contributed by atoms with Gasteiger partial charge in [0.2, 0.25) is 0 Å². The lowest BCUT2D eigenvalue weighted by molar-refractivity contribution is 0.201. The molecule has 0 saturated heterocycles. The van der Waals surface area contributed by atoms with E-state index in [2.05, 4.69) is 10.2 Å². The summed E-state index contributed by atoms with van der Waals surface area (Å²) >= 11 is 0. The molecule has 0 radical (unpaired) electrons. The minimum Gasteiger partial charge on any atom is -0.463 e. The predicted octanol–water partition coefficient (Wildman–Crippen LogP) is 3.45. The quantitative estimate of drug-likeness (QED) is 0.656. The molecule has 1 aromatic carbocycles. The third-order valence-electron chi connectivity index (χ3n) is 2.28. The first-order valence-electron chi connectivity index (χ1n) is 6.42. The normalized spacial score (nSPS) is 9.64. The highest BCUT2D eigenvalue weighted by molar-refractivity contribution is 5.93. The van der Waals surface area contributed by atoms with E-state index < -0.39 is 12.2 Å². The highest BCUT2D eigenvalue weighted by Crippen LogP contribution is 2.24. The zero-order chi connectivity index (χ0) is 16.9. The van der Waals surface area contributed by atoms with Gasteiger partial charge in [-0.1, -0.05) is 6.07 Å². The molecule has 8 heteroatoms. The first-order valence-corrected chi connectivity index (χ1v) is 6.42. The van der Waals surface area contributed by atoms with Crippen molar-refractivity contribution in [2.75, 3.05) is 10.0 Å². The van der Waals surface area contributed by atoms with Crippen molar-refractivity contribution in [3.05, 3.63) is 24.3 Å². The van der Waals surface area contributed by atoms with Crippen molar-refractivity contribution in [2.45, 2.75) is 27.7 Å². The lowest BCUT2D eigenvalue weighted by atomic mass is 10.2. The summed E-state index contributed by atoms with van der Waals surface area (Å²) in [5, 5.41) is 27.8. The van der Waals surface area contributed by atoms with Crippen molar-refractivity contribution in [3.8, 4) is 0 Å². The number of rotatable bonds is 4. The van der Waals surface area contributed by atoms with Gasteiger partial charge in [0, 0.05) is 11.4 Å². The number of hydrogen-bond acceptors (Lipinski definition) is 4. The van der Waals surface area contributed by atoms with Crippen LogP contribution in [-0.4, -0.2) is 33.8 Å². The van der Waals surface area contributed by atoms with Gasteiger partial charge in [0.15, 0.2) is 0 Å². The van der Waals surface area contributed by atoms with Crippen molar-refractivity contribution in [2.24, 2.45) is 10.2 Å². The molecule has 8 nitrogen and oxygen atoms in total. The van der Waals surface area contributed by atoms with Gasteiger partial charge in [-0.3, -0.25) is 0 Å². The molecule has 0 bridgehead atoms. The second-order valence-electron chi connectivity index (χ2n) is 4.80. The molecule has 0 aliphatic rings. The van der Waals surface area contributed by atoms with Crippen molar-refractivity contribution in [1.29, 1.82) is 0 Å². The fraction of sp³-hybridized carbons (Fsp3) is 0.286. The third kappa shape index (κ3) is 4.58. The summed E-state index contributed by atoms with van der Waals surface area (Å²) in [5.41, 5.74) is 1.54. The van der Waals surface area contributed by atoms with Crippen LogP contribution >= 0.6 is 0 Å². The molecule has 0 fully saturated rings. The average molecular weight is 306 g/mol. The number of hydrazone groups is 2. The summed E-state index contributed by atoms with van der Waals surface area (Å²) in [4.78, 5) is 22.6. The van der Waals surface area contributed by atoms with Crippen LogP contribution in [0.3, 0.4) is 0 Å². The molecule has 0 spiro atoms.